The monoisotopic (exact) mass is 367 g/mol. The number of thioether (sulfide) groups is 1. The summed E-state index contributed by atoms with van der Waals surface area (Å²) in [6.07, 6.45) is 0. The van der Waals surface area contributed by atoms with E-state index < -0.39 is 0 Å². The predicted molar refractivity (Wildman–Crippen MR) is 102 cm³/mol. The van der Waals surface area contributed by atoms with Gasteiger partial charge in [-0.25, -0.2) is 0 Å². The van der Waals surface area contributed by atoms with Crippen molar-refractivity contribution in [2.45, 2.75) is 32.0 Å². The molecule has 0 aliphatic heterocycles. The standard InChI is InChI=1S/C19H21N5OS/c1-13-8-4-6-10-16(13)15(3)20-18(25)12-26-19-21-22-23-24(19)17-11-7-5-9-14(17)2/h4-11,15H,12H2,1-3H3,(H,20,25). The number of carbonyl (C=O) groups excluding carboxylic acids is 1. The molecular formula is C19H21N5OS. The van der Waals surface area contributed by atoms with Crippen LogP contribution in [0.4, 0.5) is 0 Å². The van der Waals surface area contributed by atoms with Crippen molar-refractivity contribution >= 4 is 17.7 Å². The number of tetrazole rings is 1. The Labute approximate surface area is 157 Å². The van der Waals surface area contributed by atoms with Gasteiger partial charge in [-0.05, 0) is 54.0 Å². The number of hydrogen-bond acceptors (Lipinski definition) is 5. The van der Waals surface area contributed by atoms with Crippen LogP contribution in [0.15, 0.2) is 53.7 Å². The maximum atomic E-state index is 12.3. The second kappa shape index (κ2) is 8.14. The number of nitrogens with zero attached hydrogens (tertiary/aromatic N) is 4. The molecule has 26 heavy (non-hydrogen) atoms. The van der Waals surface area contributed by atoms with Gasteiger partial charge < -0.3 is 5.32 Å². The third-order valence-electron chi connectivity index (χ3n) is 4.15. The highest BCUT2D eigenvalue weighted by atomic mass is 32.2. The number of aromatic nitrogens is 4. The van der Waals surface area contributed by atoms with Gasteiger partial charge in [-0.1, -0.05) is 54.2 Å². The van der Waals surface area contributed by atoms with Gasteiger partial charge in [0.25, 0.3) is 0 Å². The molecule has 1 amide bonds. The molecule has 1 aromatic heterocycles. The highest BCUT2D eigenvalue weighted by molar-refractivity contribution is 7.99. The van der Waals surface area contributed by atoms with Gasteiger partial charge in [-0.15, -0.1) is 5.10 Å². The summed E-state index contributed by atoms with van der Waals surface area (Å²) in [6.45, 7) is 6.04. The average Bonchev–Trinajstić information content (AvgIpc) is 3.09. The lowest BCUT2D eigenvalue weighted by Gasteiger charge is -2.16. The Morgan fingerprint density at radius 2 is 1.81 bits per heavy atom. The second-order valence-electron chi connectivity index (χ2n) is 6.09. The van der Waals surface area contributed by atoms with E-state index in [1.165, 1.54) is 11.8 Å². The zero-order valence-corrected chi connectivity index (χ0v) is 15.8. The Hall–Kier alpha value is -2.67. The minimum absolute atomic E-state index is 0.0448. The maximum Gasteiger partial charge on any atom is 0.230 e. The van der Waals surface area contributed by atoms with Gasteiger partial charge in [0.15, 0.2) is 0 Å². The highest BCUT2D eigenvalue weighted by Crippen LogP contribution is 2.21. The van der Waals surface area contributed by atoms with Crippen LogP contribution in [-0.2, 0) is 4.79 Å². The lowest BCUT2D eigenvalue weighted by Crippen LogP contribution is -2.28. The van der Waals surface area contributed by atoms with E-state index >= 15 is 0 Å². The van der Waals surface area contributed by atoms with Crippen molar-refractivity contribution in [3.63, 3.8) is 0 Å². The van der Waals surface area contributed by atoms with Crippen LogP contribution < -0.4 is 5.32 Å². The third kappa shape index (κ3) is 4.11. The Kier molecular flexibility index (Phi) is 5.68. The molecule has 7 heteroatoms. The summed E-state index contributed by atoms with van der Waals surface area (Å²) >= 11 is 1.32. The number of rotatable bonds is 6. The Morgan fingerprint density at radius 3 is 2.54 bits per heavy atom. The van der Waals surface area contributed by atoms with Gasteiger partial charge >= 0.3 is 0 Å². The normalized spacial score (nSPS) is 12.0. The van der Waals surface area contributed by atoms with Gasteiger partial charge in [-0.2, -0.15) is 4.68 Å². The van der Waals surface area contributed by atoms with Gasteiger partial charge in [0.1, 0.15) is 0 Å². The summed E-state index contributed by atoms with van der Waals surface area (Å²) in [5, 5.41) is 15.5. The summed E-state index contributed by atoms with van der Waals surface area (Å²) in [5.74, 6) is 0.202. The van der Waals surface area contributed by atoms with E-state index in [4.69, 9.17) is 0 Å². The van der Waals surface area contributed by atoms with Crippen molar-refractivity contribution in [1.29, 1.82) is 0 Å². The summed E-state index contributed by atoms with van der Waals surface area (Å²) in [6, 6.07) is 15.9. The number of aryl methyl sites for hydroxylation is 2. The number of amides is 1. The quantitative estimate of drug-likeness (QED) is 0.677. The van der Waals surface area contributed by atoms with Gasteiger partial charge in [0.2, 0.25) is 11.1 Å². The van der Waals surface area contributed by atoms with E-state index in [1.807, 2.05) is 69.3 Å². The largest absolute Gasteiger partial charge is 0.349 e. The molecule has 134 valence electrons. The molecule has 3 aromatic rings. The molecule has 6 nitrogen and oxygen atoms in total. The SMILES string of the molecule is Cc1ccccc1C(C)NC(=O)CSc1nnnn1-c1ccccc1C. The summed E-state index contributed by atoms with van der Waals surface area (Å²) in [5.41, 5.74) is 4.26. The molecule has 0 saturated heterocycles. The molecule has 0 fully saturated rings. The van der Waals surface area contributed by atoms with E-state index in [9.17, 15) is 4.79 Å². The number of nitrogens with one attached hydrogen (secondary N) is 1. The van der Waals surface area contributed by atoms with Crippen LogP contribution in [0.1, 0.15) is 29.7 Å². The first-order valence-electron chi connectivity index (χ1n) is 8.38. The first-order chi connectivity index (χ1) is 12.6. The molecule has 2 aromatic carbocycles. The first-order valence-corrected chi connectivity index (χ1v) is 9.37. The Balaban J connectivity index is 1.63. The van der Waals surface area contributed by atoms with E-state index in [0.29, 0.717) is 5.16 Å². The average molecular weight is 367 g/mol. The molecule has 0 aliphatic rings. The molecule has 1 N–H and O–H groups in total. The van der Waals surface area contributed by atoms with E-state index in [-0.39, 0.29) is 17.7 Å². The lowest BCUT2D eigenvalue weighted by molar-refractivity contribution is -0.119. The first kappa shape index (κ1) is 18.1. The molecule has 1 unspecified atom stereocenters. The minimum Gasteiger partial charge on any atom is -0.349 e. The van der Waals surface area contributed by atoms with Crippen molar-refractivity contribution in [2.24, 2.45) is 0 Å². The smallest absolute Gasteiger partial charge is 0.230 e. The zero-order chi connectivity index (χ0) is 18.5. The van der Waals surface area contributed by atoms with Crippen molar-refractivity contribution in [3.05, 3.63) is 65.2 Å². The molecule has 0 saturated carbocycles. The van der Waals surface area contributed by atoms with E-state index in [0.717, 1.165) is 22.4 Å². The van der Waals surface area contributed by atoms with Gasteiger partial charge in [0.05, 0.1) is 17.5 Å². The second-order valence-corrected chi connectivity index (χ2v) is 7.04. The molecule has 0 spiro atoms. The van der Waals surface area contributed by atoms with Crippen LogP contribution in [0.25, 0.3) is 5.69 Å². The van der Waals surface area contributed by atoms with Gasteiger partial charge in [0, 0.05) is 0 Å². The summed E-state index contributed by atoms with van der Waals surface area (Å²) in [4.78, 5) is 12.3. The number of carbonyl (C=O) groups is 1. The number of hydrogen-bond donors (Lipinski definition) is 1. The van der Waals surface area contributed by atoms with E-state index in [2.05, 4.69) is 20.8 Å². The van der Waals surface area contributed by atoms with Crippen LogP contribution in [0.2, 0.25) is 0 Å². The molecule has 0 radical (unpaired) electrons. The van der Waals surface area contributed by atoms with Crippen LogP contribution in [0.3, 0.4) is 0 Å². The molecule has 3 rings (SSSR count). The van der Waals surface area contributed by atoms with Crippen LogP contribution in [-0.4, -0.2) is 31.9 Å². The summed E-state index contributed by atoms with van der Waals surface area (Å²) in [7, 11) is 0. The van der Waals surface area contributed by atoms with Crippen molar-refractivity contribution in [2.75, 3.05) is 5.75 Å². The molecule has 0 bridgehead atoms. The van der Waals surface area contributed by atoms with Crippen molar-refractivity contribution in [3.8, 4) is 5.69 Å². The zero-order valence-electron chi connectivity index (χ0n) is 15.0. The van der Waals surface area contributed by atoms with Crippen LogP contribution in [0, 0.1) is 13.8 Å². The topological polar surface area (TPSA) is 72.7 Å². The molecular weight excluding hydrogens is 346 g/mol. The fourth-order valence-electron chi connectivity index (χ4n) is 2.78. The molecule has 1 heterocycles. The molecule has 0 aliphatic carbocycles. The summed E-state index contributed by atoms with van der Waals surface area (Å²) < 4.78 is 1.66. The van der Waals surface area contributed by atoms with Crippen molar-refractivity contribution < 1.29 is 4.79 Å². The molecule has 1 atom stereocenters. The maximum absolute atomic E-state index is 12.3. The predicted octanol–water partition coefficient (Wildman–Crippen LogP) is 3.25. The fraction of sp³-hybridized carbons (Fsp3) is 0.263. The fourth-order valence-corrected chi connectivity index (χ4v) is 3.48. The Bertz CT molecular complexity index is 908. The Morgan fingerprint density at radius 1 is 1.12 bits per heavy atom. The number of benzene rings is 2. The lowest BCUT2D eigenvalue weighted by atomic mass is 10.0. The van der Waals surface area contributed by atoms with Gasteiger partial charge in [-0.3, -0.25) is 4.79 Å². The van der Waals surface area contributed by atoms with Crippen molar-refractivity contribution in [1.82, 2.24) is 25.5 Å². The third-order valence-corrected chi connectivity index (χ3v) is 5.07. The van der Waals surface area contributed by atoms with Crippen LogP contribution >= 0.6 is 11.8 Å². The van der Waals surface area contributed by atoms with Crippen LogP contribution in [0.5, 0.6) is 0 Å². The number of para-hydroxylation sites is 1. The highest BCUT2D eigenvalue weighted by Gasteiger charge is 2.15. The minimum atomic E-state index is -0.0508. The van der Waals surface area contributed by atoms with E-state index in [1.54, 1.807) is 4.68 Å².